The number of Topliss-reactive ketones (excluding diaryl/α,β-unsaturated/α-hetero) is 2. The van der Waals surface area contributed by atoms with Gasteiger partial charge in [0.15, 0.2) is 23.1 Å². The molecule has 140 valence electrons. The van der Waals surface area contributed by atoms with Crippen LogP contribution in [-0.4, -0.2) is 11.6 Å². The zero-order valence-corrected chi connectivity index (χ0v) is 15.8. The zero-order valence-electron chi connectivity index (χ0n) is 15.0. The summed E-state index contributed by atoms with van der Waals surface area (Å²) in [5, 5.41) is 0.288. The maximum atomic E-state index is 14.1. The Kier molecular flexibility index (Phi) is 4.77. The van der Waals surface area contributed by atoms with E-state index < -0.39 is 11.7 Å². The second kappa shape index (κ2) is 7.08. The first-order chi connectivity index (χ1) is 13.0. The molecule has 0 radical (unpaired) electrons. The molecule has 27 heavy (non-hydrogen) atoms. The first kappa shape index (κ1) is 18.2. The van der Waals surface area contributed by atoms with Crippen LogP contribution in [-0.2, 0) is 16.0 Å². The molecule has 0 spiro atoms. The van der Waals surface area contributed by atoms with Gasteiger partial charge in [-0.3, -0.25) is 9.59 Å². The molecular weight excluding hydrogens is 367 g/mol. The van der Waals surface area contributed by atoms with Crippen LogP contribution in [0.15, 0.2) is 36.4 Å². The summed E-state index contributed by atoms with van der Waals surface area (Å²) in [4.78, 5) is 25.8. The SMILES string of the molecule is CCc1ccc(Oc2ccc(Cl)cc2F)cc1C1C(=O)C2CCC(C2)C1=O. The van der Waals surface area contributed by atoms with Crippen LogP contribution in [0.3, 0.4) is 0 Å². The largest absolute Gasteiger partial charge is 0.454 e. The summed E-state index contributed by atoms with van der Waals surface area (Å²) in [6, 6.07) is 9.51. The minimum Gasteiger partial charge on any atom is -0.454 e. The molecule has 0 saturated heterocycles. The van der Waals surface area contributed by atoms with Gasteiger partial charge in [-0.15, -0.1) is 0 Å². The normalized spacial score (nSPS) is 24.3. The van der Waals surface area contributed by atoms with Crippen molar-refractivity contribution in [1.82, 2.24) is 0 Å². The molecule has 2 atom stereocenters. The Labute approximate surface area is 162 Å². The number of halogens is 2. The van der Waals surface area contributed by atoms with E-state index in [-0.39, 0.29) is 34.2 Å². The molecule has 2 aromatic carbocycles. The Balaban J connectivity index is 1.71. The van der Waals surface area contributed by atoms with Gasteiger partial charge in [-0.2, -0.15) is 0 Å². The van der Waals surface area contributed by atoms with Gasteiger partial charge in [-0.25, -0.2) is 4.39 Å². The number of hydrogen-bond acceptors (Lipinski definition) is 3. The van der Waals surface area contributed by atoms with Crippen molar-refractivity contribution in [3.05, 3.63) is 58.4 Å². The fraction of sp³-hybridized carbons (Fsp3) is 0.364. The Morgan fingerprint density at radius 2 is 1.78 bits per heavy atom. The molecule has 2 aliphatic carbocycles. The van der Waals surface area contributed by atoms with E-state index in [1.165, 1.54) is 12.1 Å². The summed E-state index contributed by atoms with van der Waals surface area (Å²) in [5.41, 5.74) is 1.66. The molecular formula is C22H20ClFO3. The summed E-state index contributed by atoms with van der Waals surface area (Å²) in [6.45, 7) is 1.99. The molecule has 0 amide bonds. The topological polar surface area (TPSA) is 43.4 Å². The van der Waals surface area contributed by atoms with Crippen molar-refractivity contribution >= 4 is 23.2 Å². The van der Waals surface area contributed by atoms with Crippen molar-refractivity contribution in [2.75, 3.05) is 0 Å². The first-order valence-corrected chi connectivity index (χ1v) is 9.69. The van der Waals surface area contributed by atoms with Gasteiger partial charge >= 0.3 is 0 Å². The van der Waals surface area contributed by atoms with Crippen molar-refractivity contribution in [1.29, 1.82) is 0 Å². The number of ketones is 2. The van der Waals surface area contributed by atoms with Gasteiger partial charge < -0.3 is 4.74 Å². The van der Waals surface area contributed by atoms with E-state index in [9.17, 15) is 14.0 Å². The van der Waals surface area contributed by atoms with Crippen LogP contribution < -0.4 is 4.74 Å². The third-order valence-electron chi connectivity index (χ3n) is 5.74. The number of benzene rings is 2. The van der Waals surface area contributed by atoms with E-state index in [0.717, 1.165) is 18.4 Å². The lowest BCUT2D eigenvalue weighted by Gasteiger charge is -2.27. The number of fused-ring (bicyclic) bond motifs is 2. The quantitative estimate of drug-likeness (QED) is 0.653. The lowest BCUT2D eigenvalue weighted by Crippen LogP contribution is -2.35. The average Bonchev–Trinajstić information content (AvgIpc) is 3.10. The fourth-order valence-corrected chi connectivity index (χ4v) is 4.49. The van der Waals surface area contributed by atoms with Crippen molar-refractivity contribution in [3.63, 3.8) is 0 Å². The van der Waals surface area contributed by atoms with Crippen molar-refractivity contribution < 1.29 is 18.7 Å². The molecule has 2 aromatic rings. The van der Waals surface area contributed by atoms with Gasteiger partial charge in [0.25, 0.3) is 0 Å². The molecule has 3 nitrogen and oxygen atoms in total. The van der Waals surface area contributed by atoms with E-state index in [1.807, 2.05) is 13.0 Å². The van der Waals surface area contributed by atoms with E-state index in [1.54, 1.807) is 18.2 Å². The van der Waals surface area contributed by atoms with E-state index >= 15 is 0 Å². The highest BCUT2D eigenvalue weighted by Crippen LogP contribution is 2.45. The maximum Gasteiger partial charge on any atom is 0.167 e. The molecule has 2 bridgehead atoms. The summed E-state index contributed by atoms with van der Waals surface area (Å²) >= 11 is 5.78. The van der Waals surface area contributed by atoms with Gasteiger partial charge in [0.1, 0.15) is 11.7 Å². The Bertz CT molecular complexity index is 902. The van der Waals surface area contributed by atoms with Crippen LogP contribution in [0, 0.1) is 17.7 Å². The number of ether oxygens (including phenoxy) is 1. The standard InChI is InChI=1S/C22H20ClFO3/c1-2-12-5-7-16(27-19-8-6-15(23)10-18(19)24)11-17(12)20-21(25)13-3-4-14(9-13)22(20)26/h5-8,10-11,13-14,20H,2-4,9H2,1H3. The highest BCUT2D eigenvalue weighted by atomic mass is 35.5. The highest BCUT2D eigenvalue weighted by Gasteiger charge is 2.47. The van der Waals surface area contributed by atoms with Crippen molar-refractivity contribution in [2.24, 2.45) is 11.8 Å². The van der Waals surface area contributed by atoms with Crippen molar-refractivity contribution in [2.45, 2.75) is 38.5 Å². The molecule has 2 fully saturated rings. The molecule has 0 heterocycles. The van der Waals surface area contributed by atoms with Crippen LogP contribution in [0.5, 0.6) is 11.5 Å². The highest BCUT2D eigenvalue weighted by molar-refractivity contribution is 6.30. The van der Waals surface area contributed by atoms with Crippen LogP contribution in [0.4, 0.5) is 4.39 Å². The molecule has 5 heteroatoms. The Morgan fingerprint density at radius 1 is 1.07 bits per heavy atom. The predicted octanol–water partition coefficient (Wildman–Crippen LogP) is 5.49. The number of hydrogen-bond donors (Lipinski definition) is 0. The predicted molar refractivity (Wildman–Crippen MR) is 101 cm³/mol. The maximum absolute atomic E-state index is 14.1. The van der Waals surface area contributed by atoms with E-state index in [4.69, 9.17) is 16.3 Å². The van der Waals surface area contributed by atoms with Gasteiger partial charge in [-0.1, -0.05) is 24.6 Å². The first-order valence-electron chi connectivity index (χ1n) is 9.31. The third kappa shape index (κ3) is 3.27. The van der Waals surface area contributed by atoms with Crippen molar-refractivity contribution in [3.8, 4) is 11.5 Å². The molecule has 4 rings (SSSR count). The monoisotopic (exact) mass is 386 g/mol. The van der Waals surface area contributed by atoms with Gasteiger partial charge in [0.2, 0.25) is 0 Å². The van der Waals surface area contributed by atoms with Crippen LogP contribution in [0.25, 0.3) is 0 Å². The van der Waals surface area contributed by atoms with Gasteiger partial charge in [0.05, 0.1) is 0 Å². The van der Waals surface area contributed by atoms with E-state index in [2.05, 4.69) is 0 Å². The van der Waals surface area contributed by atoms with Gasteiger partial charge in [-0.05, 0) is 67.1 Å². The Morgan fingerprint density at radius 3 is 2.41 bits per heavy atom. The summed E-state index contributed by atoms with van der Waals surface area (Å²) in [7, 11) is 0. The summed E-state index contributed by atoms with van der Waals surface area (Å²) in [5.74, 6) is -0.799. The summed E-state index contributed by atoms with van der Waals surface area (Å²) < 4.78 is 19.7. The van der Waals surface area contributed by atoms with Crippen LogP contribution in [0.2, 0.25) is 5.02 Å². The van der Waals surface area contributed by atoms with Gasteiger partial charge in [0, 0.05) is 16.9 Å². The lowest BCUT2D eigenvalue weighted by molar-refractivity contribution is -0.135. The smallest absolute Gasteiger partial charge is 0.167 e. The number of carbonyl (C=O) groups excluding carboxylic acids is 2. The number of aryl methyl sites for hydroxylation is 1. The Hall–Kier alpha value is -2.20. The molecule has 2 saturated carbocycles. The minimum absolute atomic E-state index is 0.0132. The molecule has 2 unspecified atom stereocenters. The van der Waals surface area contributed by atoms with Crippen LogP contribution in [0.1, 0.15) is 43.2 Å². The molecule has 2 aliphatic rings. The fourth-order valence-electron chi connectivity index (χ4n) is 4.33. The van der Waals surface area contributed by atoms with E-state index in [0.29, 0.717) is 24.2 Å². The molecule has 0 aromatic heterocycles. The second-order valence-corrected chi connectivity index (χ2v) is 7.77. The third-order valence-corrected chi connectivity index (χ3v) is 5.97. The number of carbonyl (C=O) groups is 2. The van der Waals surface area contributed by atoms with Crippen LogP contribution >= 0.6 is 11.6 Å². The molecule has 0 N–H and O–H groups in total. The lowest BCUT2D eigenvalue weighted by atomic mass is 9.74. The zero-order chi connectivity index (χ0) is 19.1. The molecule has 0 aliphatic heterocycles. The average molecular weight is 387 g/mol. The summed E-state index contributed by atoms with van der Waals surface area (Å²) in [6.07, 6.45) is 3.01. The number of rotatable bonds is 4. The minimum atomic E-state index is -0.718. The second-order valence-electron chi connectivity index (χ2n) is 7.34.